The standard InChI is InChI=1S/C29H23BrClN3O8S/c1-5-41-28(36)24-14(2)32-29-33(26(24)15-6-8-21(39-3)22(12-15)40-4)27(35)23(43-29)13-17-7-9-20(42-17)16-10-18(31)25(30)19(11-16)34(37)38/h6-13,26H,5H2,1-4H3/b23-13-/t26-/m1/s1. The minimum absolute atomic E-state index is 0.145. The highest BCUT2D eigenvalue weighted by atomic mass is 79.9. The van der Waals surface area contributed by atoms with E-state index in [4.69, 9.17) is 30.2 Å². The van der Waals surface area contributed by atoms with Crippen molar-refractivity contribution < 1.29 is 28.3 Å². The van der Waals surface area contributed by atoms with Gasteiger partial charge in [0.1, 0.15) is 16.0 Å². The van der Waals surface area contributed by atoms with Crippen LogP contribution in [0.25, 0.3) is 17.4 Å². The van der Waals surface area contributed by atoms with E-state index >= 15 is 0 Å². The van der Waals surface area contributed by atoms with Gasteiger partial charge >= 0.3 is 5.97 Å². The lowest BCUT2D eigenvalue weighted by Gasteiger charge is -2.25. The van der Waals surface area contributed by atoms with Gasteiger partial charge in [0.2, 0.25) is 0 Å². The highest BCUT2D eigenvalue weighted by Crippen LogP contribution is 2.38. The number of fused-ring (bicyclic) bond motifs is 1. The number of ether oxygens (including phenoxy) is 3. The molecule has 1 aliphatic heterocycles. The monoisotopic (exact) mass is 687 g/mol. The predicted octanol–water partition coefficient (Wildman–Crippen LogP) is 5.40. The van der Waals surface area contributed by atoms with Crippen molar-refractivity contribution in [2.75, 3.05) is 20.8 Å². The number of benzene rings is 2. The van der Waals surface area contributed by atoms with Gasteiger partial charge in [-0.3, -0.25) is 19.5 Å². The maximum atomic E-state index is 13.9. The lowest BCUT2D eigenvalue weighted by Crippen LogP contribution is -2.39. The number of hydrogen-bond donors (Lipinski definition) is 0. The number of nitro benzene ring substituents is 1. The molecule has 0 amide bonds. The smallest absolute Gasteiger partial charge is 0.338 e. The number of thiazole rings is 1. The van der Waals surface area contributed by atoms with Crippen LogP contribution in [-0.4, -0.2) is 36.3 Å². The van der Waals surface area contributed by atoms with Gasteiger partial charge in [-0.05, 0) is 65.7 Å². The van der Waals surface area contributed by atoms with Gasteiger partial charge in [-0.2, -0.15) is 0 Å². The number of rotatable bonds is 8. The fraction of sp³-hybridized carbons (Fsp3) is 0.207. The summed E-state index contributed by atoms with van der Waals surface area (Å²) in [4.78, 5) is 42.9. The van der Waals surface area contributed by atoms with Gasteiger partial charge in [-0.25, -0.2) is 9.79 Å². The van der Waals surface area contributed by atoms with E-state index in [0.717, 1.165) is 11.3 Å². The highest BCUT2D eigenvalue weighted by molar-refractivity contribution is 9.10. The number of allylic oxidation sites excluding steroid dienone is 1. The number of carbonyl (C=O) groups is 1. The summed E-state index contributed by atoms with van der Waals surface area (Å²) in [5.74, 6) is 0.973. The summed E-state index contributed by atoms with van der Waals surface area (Å²) in [6.07, 6.45) is 1.55. The minimum Gasteiger partial charge on any atom is -0.493 e. The molecule has 2 aromatic carbocycles. The van der Waals surface area contributed by atoms with Crippen LogP contribution in [-0.2, 0) is 9.53 Å². The Labute approximate surface area is 261 Å². The van der Waals surface area contributed by atoms with Crippen molar-refractivity contribution in [1.82, 2.24) is 4.57 Å². The molecule has 43 heavy (non-hydrogen) atoms. The highest BCUT2D eigenvalue weighted by Gasteiger charge is 2.34. The van der Waals surface area contributed by atoms with Crippen molar-refractivity contribution in [2.24, 2.45) is 4.99 Å². The van der Waals surface area contributed by atoms with Crippen molar-refractivity contribution in [3.63, 3.8) is 0 Å². The molecule has 5 rings (SSSR count). The lowest BCUT2D eigenvalue weighted by atomic mass is 9.95. The molecule has 0 bridgehead atoms. The average molecular weight is 689 g/mol. The second-order valence-electron chi connectivity index (χ2n) is 9.17. The maximum Gasteiger partial charge on any atom is 0.338 e. The van der Waals surface area contributed by atoms with Crippen LogP contribution in [0.5, 0.6) is 11.5 Å². The molecule has 2 aromatic heterocycles. The molecule has 4 aromatic rings. The normalized spacial score (nSPS) is 14.7. The first-order chi connectivity index (χ1) is 20.6. The van der Waals surface area contributed by atoms with E-state index in [1.807, 2.05) is 0 Å². The van der Waals surface area contributed by atoms with Gasteiger partial charge in [0, 0.05) is 17.7 Å². The van der Waals surface area contributed by atoms with Gasteiger partial charge in [-0.15, -0.1) is 0 Å². The fourth-order valence-electron chi connectivity index (χ4n) is 4.69. The number of carbonyl (C=O) groups excluding carboxylic acids is 1. The average Bonchev–Trinajstić information content (AvgIpc) is 3.57. The van der Waals surface area contributed by atoms with E-state index in [-0.39, 0.29) is 27.4 Å². The molecule has 1 atom stereocenters. The molecule has 0 spiro atoms. The quantitative estimate of drug-likeness (QED) is 0.136. The maximum absolute atomic E-state index is 13.9. The summed E-state index contributed by atoms with van der Waals surface area (Å²) < 4.78 is 24.0. The minimum atomic E-state index is -0.852. The zero-order valence-electron chi connectivity index (χ0n) is 23.2. The topological polar surface area (TPSA) is 135 Å². The van der Waals surface area contributed by atoms with Crippen LogP contribution >= 0.6 is 38.9 Å². The largest absolute Gasteiger partial charge is 0.493 e. The van der Waals surface area contributed by atoms with E-state index in [2.05, 4.69) is 20.9 Å². The molecular formula is C29H23BrClN3O8S. The summed E-state index contributed by atoms with van der Waals surface area (Å²) in [7, 11) is 3.01. The second kappa shape index (κ2) is 12.2. The number of nitrogens with zero attached hydrogens (tertiary/aromatic N) is 3. The van der Waals surface area contributed by atoms with Gasteiger partial charge in [-0.1, -0.05) is 29.0 Å². The Morgan fingerprint density at radius 2 is 1.95 bits per heavy atom. The van der Waals surface area contributed by atoms with E-state index in [0.29, 0.717) is 49.2 Å². The molecule has 0 radical (unpaired) electrons. The number of hydrogen-bond acceptors (Lipinski definition) is 10. The Bertz CT molecular complexity index is 1990. The van der Waals surface area contributed by atoms with Crippen LogP contribution in [0.15, 0.2) is 72.4 Å². The first-order valence-corrected chi connectivity index (χ1v) is 14.7. The molecule has 11 nitrogen and oxygen atoms in total. The van der Waals surface area contributed by atoms with Crippen molar-refractivity contribution in [3.05, 3.63) is 104 Å². The Morgan fingerprint density at radius 3 is 2.63 bits per heavy atom. The zero-order chi connectivity index (χ0) is 31.0. The zero-order valence-corrected chi connectivity index (χ0v) is 26.3. The molecule has 1 aliphatic rings. The SMILES string of the molecule is CCOC(=O)C1=C(C)N=c2s/c(=C\c3ccc(-c4cc(Cl)c(Br)c([N+](=O)[O-])c4)o3)c(=O)n2[C@@H]1c1ccc(OC)c(OC)c1. The predicted molar refractivity (Wildman–Crippen MR) is 163 cm³/mol. The van der Waals surface area contributed by atoms with E-state index in [9.17, 15) is 19.7 Å². The first kappa shape index (κ1) is 30.3. The van der Waals surface area contributed by atoms with Crippen molar-refractivity contribution in [3.8, 4) is 22.8 Å². The van der Waals surface area contributed by atoms with Gasteiger partial charge < -0.3 is 18.6 Å². The summed E-state index contributed by atoms with van der Waals surface area (Å²) >= 11 is 10.5. The Hall–Kier alpha value is -4.20. The number of nitro groups is 1. The molecule has 222 valence electrons. The van der Waals surface area contributed by atoms with Crippen LogP contribution in [0.2, 0.25) is 5.02 Å². The van der Waals surface area contributed by atoms with Gasteiger partial charge in [0.25, 0.3) is 11.2 Å². The summed E-state index contributed by atoms with van der Waals surface area (Å²) in [5.41, 5.74) is 1.01. The molecule has 0 fully saturated rings. The Morgan fingerprint density at radius 1 is 1.21 bits per heavy atom. The van der Waals surface area contributed by atoms with Crippen molar-refractivity contribution in [1.29, 1.82) is 0 Å². The first-order valence-electron chi connectivity index (χ1n) is 12.7. The van der Waals surface area contributed by atoms with Crippen LogP contribution in [0, 0.1) is 10.1 Å². The lowest BCUT2D eigenvalue weighted by molar-refractivity contribution is -0.385. The number of esters is 1. The number of halogens is 2. The third kappa shape index (κ3) is 5.63. The Balaban J connectivity index is 1.64. The molecule has 14 heteroatoms. The molecular weight excluding hydrogens is 666 g/mol. The van der Waals surface area contributed by atoms with Gasteiger partial charge in [0.05, 0.1) is 52.6 Å². The molecule has 0 saturated heterocycles. The number of aromatic nitrogens is 1. The van der Waals surface area contributed by atoms with Crippen molar-refractivity contribution >= 4 is 56.6 Å². The molecule has 0 unspecified atom stereocenters. The van der Waals surface area contributed by atoms with Crippen LogP contribution < -0.4 is 24.4 Å². The van der Waals surface area contributed by atoms with E-state index in [1.165, 1.54) is 30.9 Å². The molecule has 3 heterocycles. The number of methoxy groups -OCH3 is 2. The summed E-state index contributed by atoms with van der Waals surface area (Å²) in [5, 5.41) is 11.6. The third-order valence-corrected chi connectivity index (χ3v) is 8.97. The Kier molecular flexibility index (Phi) is 8.58. The van der Waals surface area contributed by atoms with E-state index < -0.39 is 22.5 Å². The third-order valence-electron chi connectivity index (χ3n) is 6.63. The summed E-state index contributed by atoms with van der Waals surface area (Å²) in [6.45, 7) is 3.54. The second-order valence-corrected chi connectivity index (χ2v) is 11.4. The molecule has 0 saturated carbocycles. The number of furan rings is 1. The van der Waals surface area contributed by atoms with E-state index in [1.54, 1.807) is 50.3 Å². The van der Waals surface area contributed by atoms with Crippen LogP contribution in [0.4, 0.5) is 5.69 Å². The fourth-order valence-corrected chi connectivity index (χ4v) is 6.31. The van der Waals surface area contributed by atoms with Crippen LogP contribution in [0.1, 0.15) is 31.2 Å². The van der Waals surface area contributed by atoms with Crippen LogP contribution in [0.3, 0.4) is 0 Å². The summed E-state index contributed by atoms with van der Waals surface area (Å²) in [6, 6.07) is 10.5. The van der Waals surface area contributed by atoms with Crippen molar-refractivity contribution in [2.45, 2.75) is 19.9 Å². The van der Waals surface area contributed by atoms with Gasteiger partial charge in [0.15, 0.2) is 16.3 Å². The molecule has 0 N–H and O–H groups in total. The molecule has 0 aliphatic carbocycles.